The van der Waals surface area contributed by atoms with Crippen LogP contribution in [0.2, 0.25) is 5.02 Å². The van der Waals surface area contributed by atoms with Gasteiger partial charge in [-0.2, -0.15) is 0 Å². The highest BCUT2D eigenvalue weighted by atomic mass is 35.5. The first-order chi connectivity index (χ1) is 14.1. The molecule has 0 bridgehead atoms. The summed E-state index contributed by atoms with van der Waals surface area (Å²) in [6.45, 7) is 3.66. The molecule has 1 amide bonds. The number of ether oxygens (including phenoxy) is 1. The van der Waals surface area contributed by atoms with Crippen LogP contribution in [-0.2, 0) is 16.1 Å². The number of nitrogens with one attached hydrogen (secondary N) is 1. The first-order valence-electron chi connectivity index (χ1n) is 10.3. The third-order valence-corrected chi connectivity index (χ3v) is 6.27. The maximum atomic E-state index is 13.0. The fraction of sp³-hybridized carbons (Fsp3) is 0.571. The zero-order valence-electron chi connectivity index (χ0n) is 16.8. The molecular formula is C21H28ClN3O3S. The van der Waals surface area contributed by atoms with Gasteiger partial charge in [0.05, 0.1) is 16.7 Å². The lowest BCUT2D eigenvalue weighted by molar-refractivity contribution is -0.119. The van der Waals surface area contributed by atoms with Crippen LogP contribution in [0.5, 0.6) is 0 Å². The summed E-state index contributed by atoms with van der Waals surface area (Å²) in [6.07, 6.45) is 6.39. The minimum absolute atomic E-state index is 0.0109. The molecule has 0 radical (unpaired) electrons. The molecule has 0 saturated heterocycles. The van der Waals surface area contributed by atoms with Gasteiger partial charge in [-0.1, -0.05) is 42.6 Å². The Kier molecular flexibility index (Phi) is 8.39. The quantitative estimate of drug-likeness (QED) is 0.364. The fourth-order valence-electron chi connectivity index (χ4n) is 3.60. The van der Waals surface area contributed by atoms with Crippen LogP contribution in [0.4, 0.5) is 0 Å². The summed E-state index contributed by atoms with van der Waals surface area (Å²) >= 11 is 7.38. The van der Waals surface area contributed by atoms with Crippen LogP contribution in [0.1, 0.15) is 45.4 Å². The second-order valence-corrected chi connectivity index (χ2v) is 8.63. The maximum absolute atomic E-state index is 13.0. The van der Waals surface area contributed by atoms with Crippen molar-refractivity contribution in [2.45, 2.75) is 63.2 Å². The van der Waals surface area contributed by atoms with Gasteiger partial charge < -0.3 is 10.1 Å². The molecule has 1 aromatic heterocycles. The number of benzene rings is 1. The SMILES string of the molecule is CCOCCCn1c(SCC(=O)NC2CCCCC2)nc2cc(Cl)ccc2c1=O. The third kappa shape index (κ3) is 6.20. The summed E-state index contributed by atoms with van der Waals surface area (Å²) in [6, 6.07) is 5.36. The Labute approximate surface area is 180 Å². The van der Waals surface area contributed by atoms with Crippen LogP contribution < -0.4 is 10.9 Å². The monoisotopic (exact) mass is 437 g/mol. The van der Waals surface area contributed by atoms with Crippen molar-refractivity contribution < 1.29 is 9.53 Å². The molecule has 1 aliphatic carbocycles. The van der Waals surface area contributed by atoms with Crippen molar-refractivity contribution in [3.8, 4) is 0 Å². The highest BCUT2D eigenvalue weighted by Gasteiger charge is 2.17. The summed E-state index contributed by atoms with van der Waals surface area (Å²) in [5.74, 6) is 0.226. The van der Waals surface area contributed by atoms with Crippen LogP contribution >= 0.6 is 23.4 Å². The van der Waals surface area contributed by atoms with E-state index in [1.54, 1.807) is 22.8 Å². The molecule has 29 heavy (non-hydrogen) atoms. The molecule has 8 heteroatoms. The largest absolute Gasteiger partial charge is 0.382 e. The Balaban J connectivity index is 1.75. The number of aromatic nitrogens is 2. The number of thioether (sulfide) groups is 1. The average Bonchev–Trinajstić information content (AvgIpc) is 2.71. The van der Waals surface area contributed by atoms with E-state index in [0.29, 0.717) is 47.3 Å². The maximum Gasteiger partial charge on any atom is 0.262 e. The predicted molar refractivity (Wildman–Crippen MR) is 118 cm³/mol. The van der Waals surface area contributed by atoms with E-state index in [-0.39, 0.29) is 23.3 Å². The molecule has 0 spiro atoms. The molecule has 0 atom stereocenters. The third-order valence-electron chi connectivity index (χ3n) is 5.06. The lowest BCUT2D eigenvalue weighted by Gasteiger charge is -2.22. The van der Waals surface area contributed by atoms with E-state index in [9.17, 15) is 9.59 Å². The van der Waals surface area contributed by atoms with E-state index >= 15 is 0 Å². The Morgan fingerprint density at radius 2 is 2.14 bits per heavy atom. The van der Waals surface area contributed by atoms with Crippen molar-refractivity contribution in [1.29, 1.82) is 0 Å². The lowest BCUT2D eigenvalue weighted by atomic mass is 9.95. The van der Waals surface area contributed by atoms with Crippen molar-refractivity contribution >= 4 is 40.2 Å². The van der Waals surface area contributed by atoms with Crippen molar-refractivity contribution in [2.24, 2.45) is 0 Å². The van der Waals surface area contributed by atoms with Gasteiger partial charge in [-0.3, -0.25) is 14.2 Å². The molecule has 2 aromatic rings. The standard InChI is InChI=1S/C21H28ClN3O3S/c1-2-28-12-6-11-25-20(27)17-10-9-15(22)13-18(17)24-21(25)29-14-19(26)23-16-7-4-3-5-8-16/h9-10,13,16H,2-8,11-12,14H2,1H3,(H,23,26). The van der Waals surface area contributed by atoms with Crippen LogP contribution in [0.3, 0.4) is 0 Å². The van der Waals surface area contributed by atoms with Gasteiger partial charge in [-0.25, -0.2) is 4.98 Å². The second-order valence-electron chi connectivity index (χ2n) is 7.25. The highest BCUT2D eigenvalue weighted by molar-refractivity contribution is 7.99. The van der Waals surface area contributed by atoms with E-state index in [0.717, 1.165) is 12.8 Å². The molecule has 1 fully saturated rings. The van der Waals surface area contributed by atoms with Crippen molar-refractivity contribution in [2.75, 3.05) is 19.0 Å². The number of hydrogen-bond donors (Lipinski definition) is 1. The topological polar surface area (TPSA) is 73.2 Å². The molecule has 1 N–H and O–H groups in total. The minimum Gasteiger partial charge on any atom is -0.382 e. The van der Waals surface area contributed by atoms with Gasteiger partial charge in [-0.15, -0.1) is 0 Å². The first-order valence-corrected chi connectivity index (χ1v) is 11.6. The Hall–Kier alpha value is -1.57. The van der Waals surface area contributed by atoms with Gasteiger partial charge in [0.2, 0.25) is 5.91 Å². The molecule has 3 rings (SSSR count). The summed E-state index contributed by atoms with van der Waals surface area (Å²) in [7, 11) is 0. The average molecular weight is 438 g/mol. The summed E-state index contributed by atoms with van der Waals surface area (Å²) < 4.78 is 7.04. The van der Waals surface area contributed by atoms with Crippen molar-refractivity contribution in [3.63, 3.8) is 0 Å². The van der Waals surface area contributed by atoms with Gasteiger partial charge in [-0.05, 0) is 44.4 Å². The number of hydrogen-bond acceptors (Lipinski definition) is 5. The number of nitrogens with zero attached hydrogens (tertiary/aromatic N) is 2. The Morgan fingerprint density at radius 3 is 2.90 bits per heavy atom. The van der Waals surface area contributed by atoms with Crippen LogP contribution in [0.25, 0.3) is 10.9 Å². The van der Waals surface area contributed by atoms with Crippen molar-refractivity contribution in [1.82, 2.24) is 14.9 Å². The number of amides is 1. The van der Waals surface area contributed by atoms with Gasteiger partial charge in [0.1, 0.15) is 0 Å². The molecule has 1 aromatic carbocycles. The Morgan fingerprint density at radius 1 is 1.34 bits per heavy atom. The smallest absolute Gasteiger partial charge is 0.262 e. The summed E-state index contributed by atoms with van der Waals surface area (Å²) in [5, 5.41) is 4.72. The molecule has 1 aliphatic rings. The van der Waals surface area contributed by atoms with Gasteiger partial charge in [0, 0.05) is 30.8 Å². The lowest BCUT2D eigenvalue weighted by Crippen LogP contribution is -2.37. The number of carbonyl (C=O) groups excluding carboxylic acids is 1. The van der Waals surface area contributed by atoms with Crippen molar-refractivity contribution in [3.05, 3.63) is 33.6 Å². The van der Waals surface area contributed by atoms with Gasteiger partial charge in [0.25, 0.3) is 5.56 Å². The van der Waals surface area contributed by atoms with E-state index in [1.165, 1.54) is 31.0 Å². The second kappa shape index (κ2) is 11.0. The Bertz CT molecular complexity index is 897. The molecule has 6 nitrogen and oxygen atoms in total. The molecule has 1 heterocycles. The fourth-order valence-corrected chi connectivity index (χ4v) is 4.60. The first kappa shape index (κ1) is 22.1. The molecule has 0 aliphatic heterocycles. The summed E-state index contributed by atoms with van der Waals surface area (Å²) in [4.78, 5) is 30.1. The highest BCUT2D eigenvalue weighted by Crippen LogP contribution is 2.21. The van der Waals surface area contributed by atoms with E-state index in [4.69, 9.17) is 16.3 Å². The minimum atomic E-state index is -0.113. The van der Waals surface area contributed by atoms with E-state index in [2.05, 4.69) is 10.3 Å². The number of halogens is 1. The zero-order chi connectivity index (χ0) is 20.6. The van der Waals surface area contributed by atoms with Gasteiger partial charge >= 0.3 is 0 Å². The number of fused-ring (bicyclic) bond motifs is 1. The van der Waals surface area contributed by atoms with Crippen LogP contribution in [0.15, 0.2) is 28.2 Å². The molecular weight excluding hydrogens is 410 g/mol. The van der Waals surface area contributed by atoms with E-state index < -0.39 is 0 Å². The van der Waals surface area contributed by atoms with Gasteiger partial charge in [0.15, 0.2) is 5.16 Å². The predicted octanol–water partition coefficient (Wildman–Crippen LogP) is 4.02. The molecule has 1 saturated carbocycles. The normalized spacial score (nSPS) is 15.0. The zero-order valence-corrected chi connectivity index (χ0v) is 18.4. The number of rotatable bonds is 9. The number of carbonyl (C=O) groups is 1. The van der Waals surface area contributed by atoms with E-state index in [1.807, 2.05) is 6.92 Å². The molecule has 158 valence electrons. The van der Waals surface area contributed by atoms with Crippen LogP contribution in [-0.4, -0.2) is 40.5 Å². The molecule has 0 unspecified atom stereocenters. The summed E-state index contributed by atoms with van der Waals surface area (Å²) in [5.41, 5.74) is 0.442. The van der Waals surface area contributed by atoms with Crippen LogP contribution in [0, 0.1) is 0 Å².